The van der Waals surface area contributed by atoms with Gasteiger partial charge in [-0.1, -0.05) is 50.6 Å². The number of thiophene rings is 1. The molecule has 0 unspecified atom stereocenters. The topological polar surface area (TPSA) is 111 Å². The van der Waals surface area contributed by atoms with E-state index in [1.54, 1.807) is 31.3 Å². The van der Waals surface area contributed by atoms with Gasteiger partial charge in [-0.15, -0.1) is 11.3 Å². The summed E-state index contributed by atoms with van der Waals surface area (Å²) in [6.07, 6.45) is 10.3. The first kappa shape index (κ1) is 35.2. The second-order valence-corrected chi connectivity index (χ2v) is 15.1. The Kier molecular flexibility index (Phi) is 10.1. The van der Waals surface area contributed by atoms with Gasteiger partial charge in [0.1, 0.15) is 12.3 Å². The lowest BCUT2D eigenvalue weighted by Gasteiger charge is -2.62. The second kappa shape index (κ2) is 13.4. The van der Waals surface area contributed by atoms with Crippen LogP contribution in [0.25, 0.3) is 6.08 Å². The van der Waals surface area contributed by atoms with Gasteiger partial charge in [-0.2, -0.15) is 0 Å². The number of hydrogen-bond donors (Lipinski definition) is 1. The van der Waals surface area contributed by atoms with Crippen LogP contribution in [-0.2, 0) is 35.1 Å². The maximum Gasteiger partial charge on any atom is 0.306 e. The third kappa shape index (κ3) is 5.73. The number of oxime groups is 1. The molecule has 0 aromatic carbocycles. The van der Waals surface area contributed by atoms with Crippen LogP contribution in [0.2, 0.25) is 0 Å². The molecule has 0 aliphatic heterocycles. The molecule has 0 saturated heterocycles. The van der Waals surface area contributed by atoms with Gasteiger partial charge < -0.3 is 19.4 Å². The van der Waals surface area contributed by atoms with E-state index in [0.717, 1.165) is 12.0 Å². The van der Waals surface area contributed by atoms with Crippen LogP contribution in [-0.4, -0.2) is 59.1 Å². The highest BCUT2D eigenvalue weighted by atomic mass is 32.1. The summed E-state index contributed by atoms with van der Waals surface area (Å²) in [5.74, 6) is -3.05. The number of rotatable bonds is 11. The Hall–Kier alpha value is -3.11. The maximum atomic E-state index is 17.9. The smallest absolute Gasteiger partial charge is 0.306 e. The molecule has 4 aliphatic rings. The predicted octanol–water partition coefficient (Wildman–Crippen LogP) is 6.96. The molecule has 4 aliphatic carbocycles. The number of aliphatic hydroxyl groups is 1. The number of allylic oxidation sites excluding steroid dienone is 5. The molecule has 1 aromatic heterocycles. The minimum atomic E-state index is -2.03. The van der Waals surface area contributed by atoms with Crippen molar-refractivity contribution in [1.82, 2.24) is 0 Å². The molecule has 1 N–H and O–H groups in total. The maximum absolute atomic E-state index is 17.9. The molecular weight excluding hydrogens is 621 g/mol. The minimum absolute atomic E-state index is 0.0480. The van der Waals surface area contributed by atoms with Gasteiger partial charge in [-0.05, 0) is 75.8 Å². The van der Waals surface area contributed by atoms with E-state index < -0.39 is 64.4 Å². The summed E-state index contributed by atoms with van der Waals surface area (Å²) in [6, 6.07) is 4.17. The van der Waals surface area contributed by atoms with E-state index in [4.69, 9.17) is 14.3 Å². The number of alkyl halides is 1. The van der Waals surface area contributed by atoms with Crippen LogP contribution in [0.1, 0.15) is 89.8 Å². The van der Waals surface area contributed by atoms with Crippen molar-refractivity contribution in [2.24, 2.45) is 33.7 Å². The van der Waals surface area contributed by atoms with Gasteiger partial charge in [0.05, 0.1) is 6.10 Å². The molecule has 0 spiro atoms. The number of fused-ring (bicyclic) bond motifs is 5. The third-order valence-corrected chi connectivity index (χ3v) is 12.6. The molecular formula is C37H48FNO7S. The van der Waals surface area contributed by atoms with Gasteiger partial charge >= 0.3 is 11.9 Å². The van der Waals surface area contributed by atoms with Crippen LogP contribution in [0, 0.1) is 28.6 Å². The van der Waals surface area contributed by atoms with Crippen LogP contribution in [0.3, 0.4) is 0 Å². The first-order valence-electron chi connectivity index (χ1n) is 16.9. The van der Waals surface area contributed by atoms with Gasteiger partial charge in [0.2, 0.25) is 5.78 Å². The number of carbonyl (C=O) groups excluding carboxylic acids is 3. The Morgan fingerprint density at radius 3 is 2.60 bits per heavy atom. The summed E-state index contributed by atoms with van der Waals surface area (Å²) in [5, 5.41) is 16.2. The summed E-state index contributed by atoms with van der Waals surface area (Å²) >= 11 is 1.71. The van der Waals surface area contributed by atoms with E-state index in [0.29, 0.717) is 31.6 Å². The van der Waals surface area contributed by atoms with Crippen LogP contribution in [0.4, 0.5) is 4.39 Å². The van der Waals surface area contributed by atoms with Gasteiger partial charge in [0.15, 0.2) is 17.9 Å². The van der Waals surface area contributed by atoms with E-state index in [2.05, 4.69) is 23.4 Å². The Morgan fingerprint density at radius 2 is 1.89 bits per heavy atom. The van der Waals surface area contributed by atoms with E-state index in [1.165, 1.54) is 9.75 Å². The van der Waals surface area contributed by atoms with Crippen molar-refractivity contribution < 1.29 is 38.2 Å². The van der Waals surface area contributed by atoms with Crippen molar-refractivity contribution in [3.8, 4) is 0 Å². The van der Waals surface area contributed by atoms with Crippen LogP contribution < -0.4 is 0 Å². The molecule has 5 rings (SSSR count). The lowest BCUT2D eigenvalue weighted by atomic mass is 9.44. The summed E-state index contributed by atoms with van der Waals surface area (Å²) < 4.78 is 29.3. The molecule has 0 radical (unpaired) electrons. The van der Waals surface area contributed by atoms with Gasteiger partial charge in [0.25, 0.3) is 0 Å². The Morgan fingerprint density at radius 1 is 1.15 bits per heavy atom. The van der Waals surface area contributed by atoms with Gasteiger partial charge in [-0.3, -0.25) is 14.4 Å². The monoisotopic (exact) mass is 669 g/mol. The summed E-state index contributed by atoms with van der Waals surface area (Å²) in [5.41, 5.74) is -4.42. The average molecular weight is 670 g/mol. The summed E-state index contributed by atoms with van der Waals surface area (Å²) in [4.78, 5) is 46.9. The van der Waals surface area contributed by atoms with E-state index in [9.17, 15) is 19.5 Å². The molecule has 1 heterocycles. The van der Waals surface area contributed by atoms with Crippen molar-refractivity contribution >= 4 is 40.8 Å². The fraction of sp³-hybridized carbons (Fsp3) is 0.622. The molecule has 3 fully saturated rings. The minimum Gasteiger partial charge on any atom is -0.457 e. The quantitative estimate of drug-likeness (QED) is 0.154. The zero-order valence-electron chi connectivity index (χ0n) is 28.3. The number of nitrogens with zero attached hydrogens (tertiary/aromatic N) is 1. The molecule has 3 saturated carbocycles. The van der Waals surface area contributed by atoms with Crippen molar-refractivity contribution in [2.45, 2.75) is 104 Å². The molecule has 256 valence electrons. The number of aliphatic hydroxyl groups excluding tert-OH is 1. The number of ketones is 1. The lowest BCUT2D eigenvalue weighted by molar-refractivity contribution is -0.228. The van der Waals surface area contributed by atoms with Crippen LogP contribution >= 0.6 is 11.3 Å². The van der Waals surface area contributed by atoms with Crippen LogP contribution in [0.15, 0.2) is 47.2 Å². The molecule has 0 bridgehead atoms. The first-order chi connectivity index (χ1) is 22.3. The number of esters is 2. The van der Waals surface area contributed by atoms with Crippen LogP contribution in [0.5, 0.6) is 0 Å². The molecule has 10 heteroatoms. The Labute approximate surface area is 281 Å². The normalized spacial score (nSPS) is 36.8. The van der Waals surface area contributed by atoms with E-state index in [-0.39, 0.29) is 25.2 Å². The highest BCUT2D eigenvalue weighted by Gasteiger charge is 2.77. The van der Waals surface area contributed by atoms with Crippen molar-refractivity contribution in [1.29, 1.82) is 0 Å². The van der Waals surface area contributed by atoms with Crippen molar-refractivity contribution in [3.63, 3.8) is 0 Å². The highest BCUT2D eigenvalue weighted by Crippen LogP contribution is 2.71. The molecule has 0 amide bonds. The molecule has 47 heavy (non-hydrogen) atoms. The molecule has 8 atom stereocenters. The molecule has 8 nitrogen and oxygen atoms in total. The zero-order chi connectivity index (χ0) is 34.2. The number of ether oxygens (including phenoxy) is 2. The van der Waals surface area contributed by atoms with Gasteiger partial charge in [0, 0.05) is 51.7 Å². The summed E-state index contributed by atoms with van der Waals surface area (Å²) in [6.45, 7) is 10.7. The van der Waals surface area contributed by atoms with E-state index in [1.807, 2.05) is 45.9 Å². The predicted molar refractivity (Wildman–Crippen MR) is 179 cm³/mol. The SMILES string of the molecule is C/C=C/c1ccc(CCO/N=C2/C=C[C@@]3(C)C(=C2)CC[C@H]2[C@@H]4C[C@H](C)[C@](OC(=O)CC)(C(=O)COC(=O)CC)[C@@]4(C)C[C@H](O)[C@@]23F)s1. The zero-order valence-corrected chi connectivity index (χ0v) is 29.2. The summed E-state index contributed by atoms with van der Waals surface area (Å²) in [7, 11) is 0. The Balaban J connectivity index is 1.39. The first-order valence-corrected chi connectivity index (χ1v) is 17.7. The third-order valence-electron chi connectivity index (χ3n) is 11.4. The average Bonchev–Trinajstić information content (AvgIpc) is 3.58. The lowest BCUT2D eigenvalue weighted by Crippen LogP contribution is -2.70. The number of halogens is 1. The fourth-order valence-corrected chi connectivity index (χ4v) is 10.1. The van der Waals surface area contributed by atoms with E-state index >= 15 is 4.39 Å². The number of Topliss-reactive ketones (excluding diaryl/α,β-unsaturated/α-hetero) is 1. The number of carbonyl (C=O) groups is 3. The molecule has 1 aromatic rings. The number of hydrogen-bond acceptors (Lipinski definition) is 9. The highest BCUT2D eigenvalue weighted by molar-refractivity contribution is 7.12. The Bertz CT molecular complexity index is 1510. The second-order valence-electron chi connectivity index (χ2n) is 13.9. The van der Waals surface area contributed by atoms with Crippen molar-refractivity contribution in [2.75, 3.05) is 13.2 Å². The van der Waals surface area contributed by atoms with Crippen molar-refractivity contribution in [3.05, 3.63) is 51.8 Å². The standard InChI is InChI=1S/C37H48FNO7S/c1-7-10-26-12-13-27(47-26)16-18-45-39-25-15-17-34(5)24(20-25)11-14-28-29-19-23(4)37(46-33(43)9-3,31(41)22-44-32(42)8-2)35(29,6)21-30(40)36(28,34)38/h7,10,12-13,15,17,20,23,28-30,40H,8-9,11,14,16,18-19,21-22H2,1-6H3/b10-7+,39-25-/t23-,28-,29-,30-,34-,35-,36-,37-/m0/s1. The van der Waals surface area contributed by atoms with Gasteiger partial charge in [-0.25, -0.2) is 4.39 Å². The largest absolute Gasteiger partial charge is 0.457 e. The fourth-order valence-electron chi connectivity index (χ4n) is 9.12.